The predicted octanol–water partition coefficient (Wildman–Crippen LogP) is 1.97. The van der Waals surface area contributed by atoms with Gasteiger partial charge in [-0.1, -0.05) is 30.2 Å². The van der Waals surface area contributed by atoms with Gasteiger partial charge in [-0.25, -0.2) is 0 Å². The van der Waals surface area contributed by atoms with Crippen LogP contribution in [0.2, 0.25) is 0 Å². The Balaban J connectivity index is 0.000000149. The number of fused-ring (bicyclic) bond motifs is 1. The molecule has 0 aromatic heterocycles. The van der Waals surface area contributed by atoms with Gasteiger partial charge < -0.3 is 0 Å². The van der Waals surface area contributed by atoms with Crippen LogP contribution in [0.5, 0.6) is 0 Å². The van der Waals surface area contributed by atoms with E-state index < -0.39 is 0 Å². The van der Waals surface area contributed by atoms with E-state index >= 15 is 0 Å². The monoisotopic (exact) mass is 187 g/mol. The normalized spacial score (nSPS) is 11.9. The van der Waals surface area contributed by atoms with Crippen molar-refractivity contribution in [1.29, 1.82) is 0 Å². The van der Waals surface area contributed by atoms with Crippen molar-refractivity contribution < 1.29 is 0 Å². The highest BCUT2D eigenvalue weighted by atomic mass is 15.0. The fourth-order valence-electron chi connectivity index (χ4n) is 1.32. The van der Waals surface area contributed by atoms with Gasteiger partial charge in [0.1, 0.15) is 0 Å². The van der Waals surface area contributed by atoms with Gasteiger partial charge in [0.15, 0.2) is 0 Å². The van der Waals surface area contributed by atoms with Crippen LogP contribution in [-0.4, -0.2) is 25.5 Å². The molecule has 0 saturated heterocycles. The summed E-state index contributed by atoms with van der Waals surface area (Å²) in [4.78, 5) is 1.94. The number of hydrogen-bond acceptors (Lipinski definition) is 1. The lowest BCUT2D eigenvalue weighted by molar-refractivity contribution is 0.464. The van der Waals surface area contributed by atoms with Crippen LogP contribution < -0.4 is 0 Å². The van der Waals surface area contributed by atoms with Crippen LogP contribution in [0.25, 0.3) is 0 Å². The Morgan fingerprint density at radius 1 is 1.21 bits per heavy atom. The molecule has 14 heavy (non-hydrogen) atoms. The molecule has 1 aliphatic carbocycles. The Labute approximate surface area is 86.7 Å². The second-order valence-corrected chi connectivity index (χ2v) is 3.71. The maximum absolute atomic E-state index is 4.94. The van der Waals surface area contributed by atoms with E-state index in [9.17, 15) is 0 Å². The predicted molar refractivity (Wildman–Crippen MR) is 61.2 cm³/mol. The summed E-state index contributed by atoms with van der Waals surface area (Å²) >= 11 is 0. The van der Waals surface area contributed by atoms with Crippen molar-refractivity contribution in [3.05, 3.63) is 35.4 Å². The van der Waals surface area contributed by atoms with Crippen LogP contribution in [0.1, 0.15) is 11.1 Å². The third-order valence-electron chi connectivity index (χ3n) is 2.19. The fourth-order valence-corrected chi connectivity index (χ4v) is 1.32. The molecule has 0 amide bonds. The average molecular weight is 187 g/mol. The van der Waals surface area contributed by atoms with Crippen molar-refractivity contribution in [2.75, 3.05) is 20.6 Å². The number of hydrogen-bond donors (Lipinski definition) is 0. The molecule has 0 radical (unpaired) electrons. The van der Waals surface area contributed by atoms with E-state index in [2.05, 4.69) is 30.2 Å². The van der Waals surface area contributed by atoms with E-state index in [4.69, 9.17) is 6.42 Å². The summed E-state index contributed by atoms with van der Waals surface area (Å²) in [7, 11) is 3.89. The highest BCUT2D eigenvalue weighted by Gasteiger charge is 2.09. The van der Waals surface area contributed by atoms with Gasteiger partial charge >= 0.3 is 0 Å². The SMILES string of the molecule is C#CCN(C)C.c1ccc2c(c1)CC2. The molecule has 1 aromatic rings. The third-order valence-corrected chi connectivity index (χ3v) is 2.19. The molecule has 2 rings (SSSR count). The van der Waals surface area contributed by atoms with Crippen molar-refractivity contribution in [3.63, 3.8) is 0 Å². The largest absolute Gasteiger partial charge is 0.299 e. The summed E-state index contributed by atoms with van der Waals surface area (Å²) in [6.07, 6.45) is 7.54. The standard InChI is InChI=1S/C8H8.C5H9N/c1-2-4-8-6-5-7(8)3-1;1-4-5-6(2)3/h1-4H,5-6H2;1H,5H2,2-3H3. The molecule has 0 unspecified atom stereocenters. The summed E-state index contributed by atoms with van der Waals surface area (Å²) < 4.78 is 0. The molecule has 1 aromatic carbocycles. The maximum atomic E-state index is 4.94. The minimum Gasteiger partial charge on any atom is -0.299 e. The van der Waals surface area contributed by atoms with Crippen LogP contribution in [-0.2, 0) is 12.8 Å². The first-order chi connectivity index (χ1) is 6.74. The minimum absolute atomic E-state index is 0.736. The van der Waals surface area contributed by atoms with E-state index in [0.717, 1.165) is 6.54 Å². The number of benzene rings is 1. The van der Waals surface area contributed by atoms with Crippen LogP contribution in [0.3, 0.4) is 0 Å². The number of terminal acetylenes is 1. The molecule has 0 aliphatic heterocycles. The second-order valence-electron chi connectivity index (χ2n) is 3.71. The smallest absolute Gasteiger partial charge is 0.0593 e. The van der Waals surface area contributed by atoms with Gasteiger partial charge in [0.25, 0.3) is 0 Å². The summed E-state index contributed by atoms with van der Waals surface area (Å²) in [5.74, 6) is 2.49. The molecular formula is C13H17N. The van der Waals surface area contributed by atoms with Crippen LogP contribution in [0, 0.1) is 12.3 Å². The highest BCUT2D eigenvalue weighted by Crippen LogP contribution is 2.20. The first kappa shape index (κ1) is 10.8. The Bertz CT molecular complexity index is 297. The molecule has 1 nitrogen and oxygen atoms in total. The number of rotatable bonds is 1. The molecule has 0 N–H and O–H groups in total. The van der Waals surface area contributed by atoms with Crippen LogP contribution in [0.4, 0.5) is 0 Å². The van der Waals surface area contributed by atoms with E-state index in [1.165, 1.54) is 12.8 Å². The van der Waals surface area contributed by atoms with Crippen molar-refractivity contribution in [2.45, 2.75) is 12.8 Å². The van der Waals surface area contributed by atoms with Crippen molar-refractivity contribution >= 4 is 0 Å². The molecule has 74 valence electrons. The lowest BCUT2D eigenvalue weighted by Crippen LogP contribution is -2.10. The van der Waals surface area contributed by atoms with Crippen LogP contribution >= 0.6 is 0 Å². The van der Waals surface area contributed by atoms with Gasteiger partial charge in [-0.15, -0.1) is 6.42 Å². The Morgan fingerprint density at radius 2 is 1.71 bits per heavy atom. The Kier molecular flexibility index (Phi) is 4.22. The minimum atomic E-state index is 0.736. The van der Waals surface area contributed by atoms with Gasteiger partial charge in [-0.3, -0.25) is 4.90 Å². The zero-order valence-corrected chi connectivity index (χ0v) is 8.96. The molecule has 1 heteroatoms. The lowest BCUT2D eigenvalue weighted by Gasteiger charge is -2.16. The van der Waals surface area contributed by atoms with Gasteiger partial charge in [0.05, 0.1) is 6.54 Å². The van der Waals surface area contributed by atoms with Crippen molar-refractivity contribution in [3.8, 4) is 12.3 Å². The molecule has 0 heterocycles. The zero-order chi connectivity index (χ0) is 10.4. The van der Waals surface area contributed by atoms with E-state index in [-0.39, 0.29) is 0 Å². The number of aryl methyl sites for hydroxylation is 2. The molecule has 0 saturated carbocycles. The quantitative estimate of drug-likeness (QED) is 0.608. The first-order valence-electron chi connectivity index (χ1n) is 4.89. The molecule has 0 fully saturated rings. The molecule has 0 atom stereocenters. The topological polar surface area (TPSA) is 3.24 Å². The van der Waals surface area contributed by atoms with E-state index in [1.807, 2.05) is 19.0 Å². The van der Waals surface area contributed by atoms with E-state index in [0.29, 0.717) is 0 Å². The van der Waals surface area contributed by atoms with Crippen LogP contribution in [0.15, 0.2) is 24.3 Å². The molecule has 1 aliphatic rings. The number of nitrogens with zero attached hydrogens (tertiary/aromatic N) is 1. The Morgan fingerprint density at radius 3 is 1.86 bits per heavy atom. The van der Waals surface area contributed by atoms with Gasteiger partial charge in [0.2, 0.25) is 0 Å². The third kappa shape index (κ3) is 3.24. The maximum Gasteiger partial charge on any atom is 0.0593 e. The molecule has 0 spiro atoms. The van der Waals surface area contributed by atoms with Crippen molar-refractivity contribution in [1.82, 2.24) is 4.90 Å². The molecular weight excluding hydrogens is 170 g/mol. The van der Waals surface area contributed by atoms with E-state index in [1.54, 1.807) is 11.1 Å². The highest BCUT2D eigenvalue weighted by molar-refractivity contribution is 5.34. The first-order valence-corrected chi connectivity index (χ1v) is 4.89. The summed E-state index contributed by atoms with van der Waals surface area (Å²) in [6, 6.07) is 8.63. The zero-order valence-electron chi connectivity index (χ0n) is 8.96. The average Bonchev–Trinajstić information content (AvgIpc) is 2.08. The fraction of sp³-hybridized carbons (Fsp3) is 0.385. The summed E-state index contributed by atoms with van der Waals surface area (Å²) in [5.41, 5.74) is 3.10. The van der Waals surface area contributed by atoms with Gasteiger partial charge in [-0.05, 0) is 38.1 Å². The second kappa shape index (κ2) is 5.47. The Hall–Kier alpha value is -1.26. The van der Waals surface area contributed by atoms with Gasteiger partial charge in [0, 0.05) is 0 Å². The lowest BCUT2D eigenvalue weighted by atomic mass is 9.89. The molecule has 0 bridgehead atoms. The van der Waals surface area contributed by atoms with Gasteiger partial charge in [-0.2, -0.15) is 0 Å². The summed E-state index contributed by atoms with van der Waals surface area (Å²) in [6.45, 7) is 0.736. The van der Waals surface area contributed by atoms with Crippen molar-refractivity contribution in [2.24, 2.45) is 0 Å². The summed E-state index contributed by atoms with van der Waals surface area (Å²) in [5, 5.41) is 0.